The molecule has 0 spiro atoms. The lowest BCUT2D eigenvalue weighted by atomic mass is 10.0. The van der Waals surface area contributed by atoms with Crippen molar-refractivity contribution in [3.05, 3.63) is 29.8 Å². The number of amides is 1. The summed E-state index contributed by atoms with van der Waals surface area (Å²) in [5, 5.41) is 3.28. The molecule has 1 amide bonds. The molecular weight excluding hydrogens is 314 g/mol. The maximum Gasteiger partial charge on any atom is 0.253 e. The van der Waals surface area contributed by atoms with E-state index in [1.165, 1.54) is 12.1 Å². The van der Waals surface area contributed by atoms with Gasteiger partial charge in [-0.3, -0.25) is 4.79 Å². The second kappa shape index (κ2) is 6.59. The van der Waals surface area contributed by atoms with Gasteiger partial charge in [-0.15, -0.1) is 0 Å². The minimum atomic E-state index is -3.53. The van der Waals surface area contributed by atoms with Gasteiger partial charge in [0.25, 0.3) is 5.91 Å². The maximum absolute atomic E-state index is 12.6. The van der Waals surface area contributed by atoms with E-state index in [4.69, 9.17) is 0 Å². The van der Waals surface area contributed by atoms with Crippen molar-refractivity contribution in [1.29, 1.82) is 0 Å². The number of hydrogen-bond donors (Lipinski definition) is 2. The van der Waals surface area contributed by atoms with Crippen LogP contribution in [0.25, 0.3) is 0 Å². The third kappa shape index (κ3) is 3.91. The lowest BCUT2D eigenvalue weighted by Crippen LogP contribution is -2.44. The fourth-order valence-electron chi connectivity index (χ4n) is 2.85. The predicted octanol–water partition coefficient (Wildman–Crippen LogP) is 0.951. The van der Waals surface area contributed by atoms with Crippen LogP contribution in [0.3, 0.4) is 0 Å². The molecule has 0 aromatic heterocycles. The smallest absolute Gasteiger partial charge is 0.253 e. The summed E-state index contributed by atoms with van der Waals surface area (Å²) >= 11 is 0. The molecule has 1 aliphatic carbocycles. The van der Waals surface area contributed by atoms with Gasteiger partial charge in [0.1, 0.15) is 0 Å². The summed E-state index contributed by atoms with van der Waals surface area (Å²) in [6, 6.07) is 6.57. The van der Waals surface area contributed by atoms with Crippen LogP contribution in [-0.2, 0) is 10.0 Å². The Morgan fingerprint density at radius 3 is 2.57 bits per heavy atom. The first-order valence-electron chi connectivity index (χ1n) is 8.07. The zero-order chi connectivity index (χ0) is 16.4. The molecule has 6 nitrogen and oxygen atoms in total. The van der Waals surface area contributed by atoms with Crippen molar-refractivity contribution in [2.75, 3.05) is 20.1 Å². The quantitative estimate of drug-likeness (QED) is 0.839. The normalized spacial score (nSPS) is 19.5. The van der Waals surface area contributed by atoms with Crippen molar-refractivity contribution in [2.24, 2.45) is 0 Å². The summed E-state index contributed by atoms with van der Waals surface area (Å²) in [6.07, 6.45) is 3.61. The molecule has 1 saturated heterocycles. The van der Waals surface area contributed by atoms with Gasteiger partial charge in [0.2, 0.25) is 10.0 Å². The highest BCUT2D eigenvalue weighted by molar-refractivity contribution is 7.89. The van der Waals surface area contributed by atoms with E-state index in [1.807, 2.05) is 0 Å². The van der Waals surface area contributed by atoms with Crippen LogP contribution in [-0.4, -0.2) is 51.4 Å². The van der Waals surface area contributed by atoms with Gasteiger partial charge in [0.05, 0.1) is 4.90 Å². The van der Waals surface area contributed by atoms with Gasteiger partial charge in [0.15, 0.2) is 0 Å². The monoisotopic (exact) mass is 337 g/mol. The van der Waals surface area contributed by atoms with Crippen molar-refractivity contribution in [1.82, 2.24) is 14.9 Å². The Labute approximate surface area is 137 Å². The molecule has 0 radical (unpaired) electrons. The van der Waals surface area contributed by atoms with Crippen LogP contribution in [0, 0.1) is 0 Å². The molecule has 0 unspecified atom stereocenters. The molecule has 3 rings (SSSR count). The third-order valence-corrected chi connectivity index (χ3v) is 5.99. The second-order valence-electron chi connectivity index (χ2n) is 6.32. The standard InChI is InChI=1S/C16H23N3O3S/c1-19(14-7-9-17-10-8-14)16(20)12-3-2-4-15(11-12)23(21,22)18-13-5-6-13/h2-4,11,13-14,17-18H,5-10H2,1H3. The molecule has 7 heteroatoms. The molecule has 1 aromatic rings. The molecule has 1 saturated carbocycles. The van der Waals surface area contributed by atoms with Crippen molar-refractivity contribution in [3.8, 4) is 0 Å². The number of carbonyl (C=O) groups excluding carboxylic acids is 1. The maximum atomic E-state index is 12.6. The van der Waals surface area contributed by atoms with E-state index in [9.17, 15) is 13.2 Å². The largest absolute Gasteiger partial charge is 0.339 e. The highest BCUT2D eigenvalue weighted by Gasteiger charge is 2.29. The van der Waals surface area contributed by atoms with E-state index in [-0.39, 0.29) is 22.9 Å². The van der Waals surface area contributed by atoms with Crippen molar-refractivity contribution < 1.29 is 13.2 Å². The van der Waals surface area contributed by atoms with E-state index in [2.05, 4.69) is 10.0 Å². The molecule has 1 aliphatic heterocycles. The Morgan fingerprint density at radius 1 is 1.22 bits per heavy atom. The zero-order valence-corrected chi connectivity index (χ0v) is 14.1. The van der Waals surface area contributed by atoms with Crippen LogP contribution in [0.5, 0.6) is 0 Å². The van der Waals surface area contributed by atoms with Crippen LogP contribution < -0.4 is 10.0 Å². The van der Waals surface area contributed by atoms with Crippen LogP contribution >= 0.6 is 0 Å². The number of benzene rings is 1. The van der Waals surface area contributed by atoms with E-state index >= 15 is 0 Å². The van der Waals surface area contributed by atoms with Crippen molar-refractivity contribution in [2.45, 2.75) is 42.7 Å². The number of carbonyl (C=O) groups is 1. The van der Waals surface area contributed by atoms with Gasteiger partial charge in [-0.2, -0.15) is 0 Å². The minimum Gasteiger partial charge on any atom is -0.339 e. The average Bonchev–Trinajstić information content (AvgIpc) is 3.37. The van der Waals surface area contributed by atoms with Gasteiger partial charge in [-0.25, -0.2) is 13.1 Å². The van der Waals surface area contributed by atoms with Gasteiger partial charge in [-0.05, 0) is 57.0 Å². The molecule has 1 aromatic carbocycles. The third-order valence-electron chi connectivity index (χ3n) is 4.47. The summed E-state index contributed by atoms with van der Waals surface area (Å²) in [7, 11) is -1.74. The Morgan fingerprint density at radius 2 is 1.91 bits per heavy atom. The van der Waals surface area contributed by atoms with Crippen LogP contribution in [0.2, 0.25) is 0 Å². The lowest BCUT2D eigenvalue weighted by molar-refractivity contribution is 0.0703. The van der Waals surface area contributed by atoms with Gasteiger partial charge in [0, 0.05) is 24.7 Å². The molecule has 0 atom stereocenters. The van der Waals surface area contributed by atoms with E-state index in [0.717, 1.165) is 38.8 Å². The highest BCUT2D eigenvalue weighted by Crippen LogP contribution is 2.23. The molecular formula is C16H23N3O3S. The SMILES string of the molecule is CN(C(=O)c1cccc(S(=O)(=O)NC2CC2)c1)C1CCNCC1. The van der Waals surface area contributed by atoms with Crippen molar-refractivity contribution in [3.63, 3.8) is 0 Å². The van der Waals surface area contributed by atoms with Crippen molar-refractivity contribution >= 4 is 15.9 Å². The molecule has 2 N–H and O–H groups in total. The Bertz CT molecular complexity index is 680. The van der Waals surface area contributed by atoms with Gasteiger partial charge < -0.3 is 10.2 Å². The second-order valence-corrected chi connectivity index (χ2v) is 8.03. The first kappa shape index (κ1) is 16.4. The zero-order valence-electron chi connectivity index (χ0n) is 13.3. The van der Waals surface area contributed by atoms with Gasteiger partial charge in [-0.1, -0.05) is 6.07 Å². The van der Waals surface area contributed by atoms with E-state index in [1.54, 1.807) is 24.1 Å². The first-order valence-corrected chi connectivity index (χ1v) is 9.56. The Balaban J connectivity index is 1.76. The number of hydrogen-bond acceptors (Lipinski definition) is 4. The first-order chi connectivity index (χ1) is 11.0. The number of rotatable bonds is 5. The Kier molecular flexibility index (Phi) is 4.70. The molecule has 2 aliphatic rings. The fraction of sp³-hybridized carbons (Fsp3) is 0.562. The summed E-state index contributed by atoms with van der Waals surface area (Å²) in [5.74, 6) is -0.125. The van der Waals surface area contributed by atoms with Crippen LogP contribution in [0.4, 0.5) is 0 Å². The van der Waals surface area contributed by atoms with E-state index in [0.29, 0.717) is 5.56 Å². The van der Waals surface area contributed by atoms with E-state index < -0.39 is 10.0 Å². The van der Waals surface area contributed by atoms with Crippen LogP contribution in [0.15, 0.2) is 29.2 Å². The number of sulfonamides is 1. The molecule has 2 fully saturated rings. The molecule has 126 valence electrons. The summed E-state index contributed by atoms with van der Waals surface area (Å²) in [5.41, 5.74) is 0.421. The van der Waals surface area contributed by atoms with Gasteiger partial charge >= 0.3 is 0 Å². The molecule has 0 bridgehead atoms. The number of nitrogens with zero attached hydrogens (tertiary/aromatic N) is 1. The number of piperidine rings is 1. The van der Waals surface area contributed by atoms with Crippen LogP contribution in [0.1, 0.15) is 36.0 Å². The lowest BCUT2D eigenvalue weighted by Gasteiger charge is -2.31. The summed E-state index contributed by atoms with van der Waals surface area (Å²) in [6.45, 7) is 1.81. The minimum absolute atomic E-state index is 0.0526. The summed E-state index contributed by atoms with van der Waals surface area (Å²) in [4.78, 5) is 14.5. The average molecular weight is 337 g/mol. The predicted molar refractivity (Wildman–Crippen MR) is 87.8 cm³/mol. The number of nitrogens with one attached hydrogen (secondary N) is 2. The highest BCUT2D eigenvalue weighted by atomic mass is 32.2. The topological polar surface area (TPSA) is 78.5 Å². The molecule has 1 heterocycles. The summed E-state index contributed by atoms with van der Waals surface area (Å²) < 4.78 is 27.2. The molecule has 23 heavy (non-hydrogen) atoms. The Hall–Kier alpha value is -1.44. The fourth-order valence-corrected chi connectivity index (χ4v) is 4.20.